The Balaban J connectivity index is 1.93. The first-order valence-electron chi connectivity index (χ1n) is 5.12. The van der Waals surface area contributed by atoms with Gasteiger partial charge in [-0.1, -0.05) is 23.2 Å². The van der Waals surface area contributed by atoms with E-state index >= 15 is 0 Å². The van der Waals surface area contributed by atoms with Crippen molar-refractivity contribution in [3.05, 3.63) is 21.9 Å². The van der Waals surface area contributed by atoms with Gasteiger partial charge in [-0.2, -0.15) is 0 Å². The Kier molecular flexibility index (Phi) is 3.63. The van der Waals surface area contributed by atoms with Crippen molar-refractivity contribution in [1.29, 1.82) is 0 Å². The zero-order valence-electron chi connectivity index (χ0n) is 8.93. The molecule has 0 aromatic carbocycles. The van der Waals surface area contributed by atoms with Crippen LogP contribution in [0.15, 0.2) is 6.07 Å². The number of aromatic nitrogens is 1. The number of carbonyl (C=O) groups is 1. The number of ether oxygens (including phenoxy) is 1. The lowest BCUT2D eigenvalue weighted by Gasteiger charge is -2.20. The molecule has 1 saturated heterocycles. The number of halogens is 2. The van der Waals surface area contributed by atoms with Gasteiger partial charge in [-0.3, -0.25) is 4.79 Å². The van der Waals surface area contributed by atoms with Crippen molar-refractivity contribution in [2.45, 2.75) is 12.0 Å². The fraction of sp³-hybridized carbons (Fsp3) is 0.500. The first kappa shape index (κ1) is 12.7. The number of aliphatic hydroxyl groups is 1. The Morgan fingerprint density at radius 2 is 2.41 bits per heavy atom. The van der Waals surface area contributed by atoms with Crippen LogP contribution >= 0.6 is 23.2 Å². The molecular weight excluding hydrogens is 267 g/mol. The lowest BCUT2D eigenvalue weighted by atomic mass is 10.0. The molecule has 1 unspecified atom stereocenters. The minimum Gasteiger partial charge on any atom is -0.386 e. The molecule has 7 heteroatoms. The van der Waals surface area contributed by atoms with Crippen LogP contribution in [0.3, 0.4) is 0 Å². The van der Waals surface area contributed by atoms with Gasteiger partial charge in [0.05, 0.1) is 11.6 Å². The third kappa shape index (κ3) is 2.93. The number of H-pyrrole nitrogens is 1. The predicted molar refractivity (Wildman–Crippen MR) is 63.5 cm³/mol. The molecule has 3 N–H and O–H groups in total. The molecule has 17 heavy (non-hydrogen) atoms. The third-order valence-corrected chi connectivity index (χ3v) is 3.32. The van der Waals surface area contributed by atoms with Gasteiger partial charge in [-0.15, -0.1) is 0 Å². The van der Waals surface area contributed by atoms with Gasteiger partial charge in [0.25, 0.3) is 5.91 Å². The molecule has 0 radical (unpaired) electrons. The van der Waals surface area contributed by atoms with Crippen LogP contribution in [0.25, 0.3) is 0 Å². The predicted octanol–water partition coefficient (Wildman–Crippen LogP) is 1.20. The van der Waals surface area contributed by atoms with Gasteiger partial charge in [0, 0.05) is 19.6 Å². The van der Waals surface area contributed by atoms with E-state index in [-0.39, 0.29) is 29.9 Å². The molecule has 1 aromatic rings. The smallest absolute Gasteiger partial charge is 0.267 e. The Labute approximate surface area is 108 Å². The fourth-order valence-electron chi connectivity index (χ4n) is 1.60. The molecule has 1 fully saturated rings. The fourth-order valence-corrected chi connectivity index (χ4v) is 1.92. The van der Waals surface area contributed by atoms with E-state index in [1.807, 2.05) is 0 Å². The Bertz CT molecular complexity index is 408. The van der Waals surface area contributed by atoms with Crippen LogP contribution in [0.1, 0.15) is 16.9 Å². The second kappa shape index (κ2) is 4.86. The number of rotatable bonds is 3. The first-order chi connectivity index (χ1) is 8.00. The lowest BCUT2D eigenvalue weighted by Crippen LogP contribution is -2.43. The van der Waals surface area contributed by atoms with Crippen LogP contribution in [0.5, 0.6) is 0 Å². The van der Waals surface area contributed by atoms with Gasteiger partial charge >= 0.3 is 0 Å². The number of hydrogen-bond acceptors (Lipinski definition) is 3. The molecule has 0 saturated carbocycles. The molecule has 1 aliphatic rings. The highest BCUT2D eigenvalue weighted by molar-refractivity contribution is 6.41. The van der Waals surface area contributed by atoms with Gasteiger partial charge < -0.3 is 20.1 Å². The minimum absolute atomic E-state index is 0.139. The minimum atomic E-state index is -0.976. The number of nitrogens with one attached hydrogen (secondary N) is 2. The van der Waals surface area contributed by atoms with E-state index in [1.165, 1.54) is 6.07 Å². The number of amides is 1. The molecule has 1 aromatic heterocycles. The maximum atomic E-state index is 11.7. The summed E-state index contributed by atoms with van der Waals surface area (Å²) in [6.45, 7) is 0.881. The van der Waals surface area contributed by atoms with Gasteiger partial charge in [-0.05, 0) is 6.07 Å². The van der Waals surface area contributed by atoms with E-state index in [0.717, 1.165) is 0 Å². The monoisotopic (exact) mass is 278 g/mol. The summed E-state index contributed by atoms with van der Waals surface area (Å²) < 4.78 is 5.07. The van der Waals surface area contributed by atoms with E-state index in [2.05, 4.69) is 10.3 Å². The molecule has 0 aliphatic carbocycles. The molecule has 0 bridgehead atoms. The molecule has 5 nitrogen and oxygen atoms in total. The summed E-state index contributed by atoms with van der Waals surface area (Å²) >= 11 is 11.4. The molecule has 2 heterocycles. The summed E-state index contributed by atoms with van der Waals surface area (Å²) in [5, 5.41) is 13.1. The summed E-state index contributed by atoms with van der Waals surface area (Å²) in [5.74, 6) is -0.362. The summed E-state index contributed by atoms with van der Waals surface area (Å²) in [4.78, 5) is 14.3. The van der Waals surface area contributed by atoms with Gasteiger partial charge in [0.1, 0.15) is 16.4 Å². The third-order valence-electron chi connectivity index (χ3n) is 2.63. The van der Waals surface area contributed by atoms with E-state index < -0.39 is 5.60 Å². The normalized spacial score (nSPS) is 23.9. The number of carbonyl (C=O) groups excluding carboxylic acids is 1. The molecule has 2 rings (SSSR count). The van der Waals surface area contributed by atoms with E-state index in [4.69, 9.17) is 27.9 Å². The maximum absolute atomic E-state index is 11.7. The number of aromatic amines is 1. The van der Waals surface area contributed by atoms with E-state index in [0.29, 0.717) is 18.1 Å². The molecule has 94 valence electrons. The van der Waals surface area contributed by atoms with Crippen molar-refractivity contribution in [2.24, 2.45) is 0 Å². The largest absolute Gasteiger partial charge is 0.386 e. The van der Waals surface area contributed by atoms with Crippen molar-refractivity contribution >= 4 is 29.1 Å². The highest BCUT2D eigenvalue weighted by Gasteiger charge is 2.32. The van der Waals surface area contributed by atoms with Crippen molar-refractivity contribution in [3.8, 4) is 0 Å². The quantitative estimate of drug-likeness (QED) is 0.778. The van der Waals surface area contributed by atoms with Crippen LogP contribution in [0, 0.1) is 0 Å². The second-order valence-electron chi connectivity index (χ2n) is 4.05. The van der Waals surface area contributed by atoms with Crippen molar-refractivity contribution < 1.29 is 14.6 Å². The second-order valence-corrected chi connectivity index (χ2v) is 4.84. The highest BCUT2D eigenvalue weighted by Crippen LogP contribution is 2.22. The zero-order chi connectivity index (χ0) is 12.5. The summed E-state index contributed by atoms with van der Waals surface area (Å²) in [7, 11) is 0. The average Bonchev–Trinajstić information content (AvgIpc) is 2.85. The Hall–Kier alpha value is -0.750. The Morgan fingerprint density at radius 3 is 2.94 bits per heavy atom. The molecule has 1 atom stereocenters. The zero-order valence-corrected chi connectivity index (χ0v) is 10.4. The standard InChI is InChI=1S/C10H12Cl2N2O3/c11-6-3-7(14-8(6)12)9(15)13-4-10(16)1-2-17-5-10/h3,14,16H,1-2,4-5H2,(H,13,15). The summed E-state index contributed by atoms with van der Waals surface area (Å²) in [5.41, 5.74) is -0.710. The van der Waals surface area contributed by atoms with Crippen LogP contribution in [0.4, 0.5) is 0 Å². The molecule has 1 aliphatic heterocycles. The molecule has 0 spiro atoms. The van der Waals surface area contributed by atoms with Crippen LogP contribution < -0.4 is 5.32 Å². The van der Waals surface area contributed by atoms with Crippen LogP contribution in [-0.2, 0) is 4.74 Å². The Morgan fingerprint density at radius 1 is 1.65 bits per heavy atom. The van der Waals surface area contributed by atoms with Gasteiger partial charge in [0.15, 0.2) is 0 Å². The van der Waals surface area contributed by atoms with Crippen LogP contribution in [0.2, 0.25) is 10.2 Å². The molecule has 1 amide bonds. The summed E-state index contributed by atoms with van der Waals surface area (Å²) in [6, 6.07) is 1.44. The maximum Gasteiger partial charge on any atom is 0.267 e. The lowest BCUT2D eigenvalue weighted by molar-refractivity contribution is 0.0264. The van der Waals surface area contributed by atoms with Crippen LogP contribution in [-0.4, -0.2) is 41.4 Å². The van der Waals surface area contributed by atoms with Crippen molar-refractivity contribution in [1.82, 2.24) is 10.3 Å². The number of hydrogen-bond donors (Lipinski definition) is 3. The average molecular weight is 279 g/mol. The summed E-state index contributed by atoms with van der Waals surface area (Å²) in [6.07, 6.45) is 0.513. The SMILES string of the molecule is O=C(NCC1(O)CCOC1)c1cc(Cl)c(Cl)[nH]1. The van der Waals surface area contributed by atoms with E-state index in [9.17, 15) is 9.90 Å². The van der Waals surface area contributed by atoms with Crippen molar-refractivity contribution in [2.75, 3.05) is 19.8 Å². The molecular formula is C10H12Cl2N2O3. The van der Waals surface area contributed by atoms with Crippen molar-refractivity contribution in [3.63, 3.8) is 0 Å². The van der Waals surface area contributed by atoms with Gasteiger partial charge in [0.2, 0.25) is 0 Å². The van der Waals surface area contributed by atoms with Gasteiger partial charge in [-0.25, -0.2) is 0 Å². The first-order valence-corrected chi connectivity index (χ1v) is 5.88. The van der Waals surface area contributed by atoms with E-state index in [1.54, 1.807) is 0 Å². The highest BCUT2D eigenvalue weighted by atomic mass is 35.5. The topological polar surface area (TPSA) is 74.3 Å².